The van der Waals surface area contributed by atoms with Crippen molar-refractivity contribution in [1.29, 1.82) is 0 Å². The molecule has 1 aromatic heterocycles. The number of aryl methyl sites for hydroxylation is 2. The highest BCUT2D eigenvalue weighted by Gasteiger charge is 2.05. The lowest BCUT2D eigenvalue weighted by atomic mass is 10.1. The van der Waals surface area contributed by atoms with Gasteiger partial charge in [0.05, 0.1) is 13.7 Å². The fourth-order valence-corrected chi connectivity index (χ4v) is 2.14. The molecular weight excluding hydrogens is 294 g/mol. The van der Waals surface area contributed by atoms with Crippen LogP contribution in [0.4, 0.5) is 0 Å². The number of aromatic nitrogens is 2. The molecule has 124 valence electrons. The van der Waals surface area contributed by atoms with Crippen molar-refractivity contribution in [3.63, 3.8) is 0 Å². The molecule has 7 nitrogen and oxygen atoms in total. The Morgan fingerprint density at radius 1 is 1.30 bits per heavy atom. The molecule has 0 atom stereocenters. The largest absolute Gasteiger partial charge is 0.496 e. The molecule has 1 aromatic carbocycles. The number of nitrogens with one attached hydrogen (secondary N) is 2. The Morgan fingerprint density at radius 3 is 2.78 bits per heavy atom. The van der Waals surface area contributed by atoms with E-state index in [0.717, 1.165) is 24.3 Å². The van der Waals surface area contributed by atoms with Gasteiger partial charge in [-0.3, -0.25) is 4.99 Å². The van der Waals surface area contributed by atoms with Gasteiger partial charge in [-0.2, -0.15) is 4.98 Å². The van der Waals surface area contributed by atoms with E-state index in [-0.39, 0.29) is 0 Å². The van der Waals surface area contributed by atoms with E-state index >= 15 is 0 Å². The van der Waals surface area contributed by atoms with Crippen molar-refractivity contribution in [2.45, 2.75) is 26.8 Å². The van der Waals surface area contributed by atoms with Crippen LogP contribution in [0.15, 0.2) is 27.7 Å². The summed E-state index contributed by atoms with van der Waals surface area (Å²) in [5.74, 6) is 2.77. The van der Waals surface area contributed by atoms with Gasteiger partial charge in [-0.25, -0.2) is 0 Å². The van der Waals surface area contributed by atoms with E-state index in [1.807, 2.05) is 6.92 Å². The van der Waals surface area contributed by atoms with Crippen LogP contribution in [0.2, 0.25) is 0 Å². The standard InChI is InChI=1S/C16H23N5O2/c1-11-5-6-13(9-14(11)22-4)7-8-18-16(17-3)19-10-15-20-12(2)21-23-15/h5-6,9H,7-8,10H2,1-4H3,(H2,17,18,19). The van der Waals surface area contributed by atoms with Gasteiger partial charge in [-0.05, 0) is 37.5 Å². The molecule has 0 saturated heterocycles. The second kappa shape index (κ2) is 8.17. The smallest absolute Gasteiger partial charge is 0.246 e. The summed E-state index contributed by atoms with van der Waals surface area (Å²) in [6, 6.07) is 6.24. The summed E-state index contributed by atoms with van der Waals surface area (Å²) >= 11 is 0. The third-order valence-electron chi connectivity index (χ3n) is 3.38. The Bertz CT molecular complexity index is 666. The zero-order valence-corrected chi connectivity index (χ0v) is 14.0. The Kier molecular flexibility index (Phi) is 5.96. The van der Waals surface area contributed by atoms with Crippen molar-refractivity contribution in [1.82, 2.24) is 20.8 Å². The molecule has 23 heavy (non-hydrogen) atoms. The van der Waals surface area contributed by atoms with Gasteiger partial charge >= 0.3 is 0 Å². The third-order valence-corrected chi connectivity index (χ3v) is 3.38. The molecule has 0 amide bonds. The molecule has 0 unspecified atom stereocenters. The predicted octanol–water partition coefficient (Wildman–Crippen LogP) is 1.60. The number of benzene rings is 1. The van der Waals surface area contributed by atoms with Gasteiger partial charge in [-0.1, -0.05) is 17.3 Å². The molecule has 2 N–H and O–H groups in total. The Labute approximate surface area is 136 Å². The van der Waals surface area contributed by atoms with Gasteiger partial charge in [0, 0.05) is 13.6 Å². The molecule has 1 heterocycles. The minimum atomic E-state index is 0.443. The number of methoxy groups -OCH3 is 1. The summed E-state index contributed by atoms with van der Waals surface area (Å²) in [4.78, 5) is 8.30. The predicted molar refractivity (Wildman–Crippen MR) is 88.7 cm³/mol. The first kappa shape index (κ1) is 16.8. The first-order valence-corrected chi connectivity index (χ1v) is 7.49. The van der Waals surface area contributed by atoms with Crippen LogP contribution in [0.3, 0.4) is 0 Å². The average Bonchev–Trinajstić information content (AvgIpc) is 2.97. The highest BCUT2D eigenvalue weighted by molar-refractivity contribution is 5.79. The van der Waals surface area contributed by atoms with Crippen LogP contribution in [0.25, 0.3) is 0 Å². The minimum Gasteiger partial charge on any atom is -0.496 e. The van der Waals surface area contributed by atoms with E-state index in [9.17, 15) is 0 Å². The minimum absolute atomic E-state index is 0.443. The van der Waals surface area contributed by atoms with E-state index in [1.54, 1.807) is 21.1 Å². The molecule has 0 aliphatic carbocycles. The molecule has 0 radical (unpaired) electrons. The van der Waals surface area contributed by atoms with Crippen molar-refractivity contribution < 1.29 is 9.26 Å². The molecule has 0 fully saturated rings. The zero-order chi connectivity index (χ0) is 16.7. The number of aliphatic imine (C=N–C) groups is 1. The quantitative estimate of drug-likeness (QED) is 0.622. The van der Waals surface area contributed by atoms with Gasteiger partial charge in [0.2, 0.25) is 5.89 Å². The highest BCUT2D eigenvalue weighted by atomic mass is 16.5. The van der Waals surface area contributed by atoms with Gasteiger partial charge < -0.3 is 19.9 Å². The number of hydrogen-bond donors (Lipinski definition) is 2. The SMILES string of the molecule is CN=C(NCCc1ccc(C)c(OC)c1)NCc1nc(C)no1. The number of ether oxygens (including phenoxy) is 1. The maximum atomic E-state index is 5.34. The molecule has 0 bridgehead atoms. The van der Waals surface area contributed by atoms with Crippen LogP contribution in [0.5, 0.6) is 5.75 Å². The molecule has 7 heteroatoms. The van der Waals surface area contributed by atoms with Crippen LogP contribution < -0.4 is 15.4 Å². The summed E-state index contributed by atoms with van der Waals surface area (Å²) in [5.41, 5.74) is 2.35. The maximum Gasteiger partial charge on any atom is 0.246 e. The first-order valence-electron chi connectivity index (χ1n) is 7.49. The van der Waals surface area contributed by atoms with Crippen LogP contribution in [0, 0.1) is 13.8 Å². The number of rotatable bonds is 6. The number of nitrogens with zero attached hydrogens (tertiary/aromatic N) is 3. The van der Waals surface area contributed by atoms with E-state index in [4.69, 9.17) is 9.26 Å². The summed E-state index contributed by atoms with van der Waals surface area (Å²) in [6.45, 7) is 5.02. The van der Waals surface area contributed by atoms with Crippen LogP contribution in [-0.4, -0.2) is 36.8 Å². The summed E-state index contributed by atoms with van der Waals surface area (Å²) in [5, 5.41) is 10.1. The third kappa shape index (κ3) is 4.98. The molecule has 0 spiro atoms. The highest BCUT2D eigenvalue weighted by Crippen LogP contribution is 2.18. The van der Waals surface area contributed by atoms with Gasteiger partial charge in [0.1, 0.15) is 5.75 Å². The molecule has 0 aliphatic rings. The first-order chi connectivity index (χ1) is 11.1. The lowest BCUT2D eigenvalue weighted by molar-refractivity contribution is 0.371. The van der Waals surface area contributed by atoms with E-state index in [0.29, 0.717) is 24.2 Å². The van der Waals surface area contributed by atoms with Crippen molar-refractivity contribution in [3.8, 4) is 5.75 Å². The van der Waals surface area contributed by atoms with Crippen LogP contribution in [-0.2, 0) is 13.0 Å². The average molecular weight is 317 g/mol. The number of guanidine groups is 1. The molecule has 2 rings (SSSR count). The molecule has 2 aromatic rings. The van der Waals surface area contributed by atoms with E-state index in [2.05, 4.69) is 44.0 Å². The van der Waals surface area contributed by atoms with Crippen LogP contribution >= 0.6 is 0 Å². The van der Waals surface area contributed by atoms with E-state index < -0.39 is 0 Å². The Hall–Kier alpha value is -2.57. The van der Waals surface area contributed by atoms with Gasteiger partial charge in [0.15, 0.2) is 11.8 Å². The molecule has 0 saturated carbocycles. The molecule has 0 aliphatic heterocycles. The normalized spacial score (nSPS) is 11.4. The second-order valence-corrected chi connectivity index (χ2v) is 5.14. The summed E-state index contributed by atoms with van der Waals surface area (Å²) in [6.07, 6.45) is 0.872. The number of hydrogen-bond acceptors (Lipinski definition) is 5. The topological polar surface area (TPSA) is 84.6 Å². The Balaban J connectivity index is 1.79. The fourth-order valence-electron chi connectivity index (χ4n) is 2.14. The van der Waals surface area contributed by atoms with Crippen molar-refractivity contribution in [2.75, 3.05) is 20.7 Å². The monoisotopic (exact) mass is 317 g/mol. The zero-order valence-electron chi connectivity index (χ0n) is 14.0. The maximum absolute atomic E-state index is 5.34. The lowest BCUT2D eigenvalue weighted by Gasteiger charge is -2.11. The molecular formula is C16H23N5O2. The van der Waals surface area contributed by atoms with E-state index in [1.165, 1.54) is 5.56 Å². The summed E-state index contributed by atoms with van der Waals surface area (Å²) in [7, 11) is 3.42. The van der Waals surface area contributed by atoms with Crippen molar-refractivity contribution in [2.24, 2.45) is 4.99 Å². The van der Waals surface area contributed by atoms with Crippen molar-refractivity contribution >= 4 is 5.96 Å². The Morgan fingerprint density at radius 2 is 2.13 bits per heavy atom. The van der Waals surface area contributed by atoms with Gasteiger partial charge in [-0.15, -0.1) is 0 Å². The van der Waals surface area contributed by atoms with Gasteiger partial charge in [0.25, 0.3) is 0 Å². The summed E-state index contributed by atoms with van der Waals surface area (Å²) < 4.78 is 10.4. The van der Waals surface area contributed by atoms with Crippen molar-refractivity contribution in [3.05, 3.63) is 41.0 Å². The van der Waals surface area contributed by atoms with Crippen LogP contribution in [0.1, 0.15) is 22.8 Å². The lowest BCUT2D eigenvalue weighted by Crippen LogP contribution is -2.37. The fraction of sp³-hybridized carbons (Fsp3) is 0.438. The second-order valence-electron chi connectivity index (χ2n) is 5.14.